The van der Waals surface area contributed by atoms with Crippen LogP contribution in [-0.2, 0) is 0 Å². The molecule has 68 valence electrons. The maximum Gasteiger partial charge on any atom is 0.118 e. The zero-order valence-corrected chi connectivity index (χ0v) is 7.86. The highest BCUT2D eigenvalue weighted by Crippen LogP contribution is 2.29. The SMILES string of the molecule is COc1ccc(C2C=CCC2)cc1. The molecule has 0 amide bonds. The maximum absolute atomic E-state index is 5.11. The fourth-order valence-corrected chi connectivity index (χ4v) is 1.76. The summed E-state index contributed by atoms with van der Waals surface area (Å²) in [6.07, 6.45) is 7.03. The normalized spacial score (nSPS) is 20.5. The molecule has 0 heterocycles. The van der Waals surface area contributed by atoms with E-state index in [9.17, 15) is 0 Å². The van der Waals surface area contributed by atoms with Gasteiger partial charge < -0.3 is 4.74 Å². The van der Waals surface area contributed by atoms with Crippen LogP contribution >= 0.6 is 0 Å². The van der Waals surface area contributed by atoms with E-state index in [0.717, 1.165) is 5.75 Å². The number of ether oxygens (including phenoxy) is 1. The van der Waals surface area contributed by atoms with E-state index in [1.165, 1.54) is 18.4 Å². The Hall–Kier alpha value is -1.24. The van der Waals surface area contributed by atoms with Gasteiger partial charge in [-0.15, -0.1) is 0 Å². The molecule has 1 aliphatic rings. The monoisotopic (exact) mass is 174 g/mol. The van der Waals surface area contributed by atoms with Gasteiger partial charge in [0.25, 0.3) is 0 Å². The molecule has 2 rings (SSSR count). The van der Waals surface area contributed by atoms with Crippen LogP contribution in [0, 0.1) is 0 Å². The highest BCUT2D eigenvalue weighted by Gasteiger charge is 2.10. The molecule has 13 heavy (non-hydrogen) atoms. The lowest BCUT2D eigenvalue weighted by atomic mass is 9.99. The van der Waals surface area contributed by atoms with Crippen molar-refractivity contribution in [2.24, 2.45) is 0 Å². The van der Waals surface area contributed by atoms with Crippen molar-refractivity contribution in [1.29, 1.82) is 0 Å². The smallest absolute Gasteiger partial charge is 0.118 e. The minimum atomic E-state index is 0.630. The molecular weight excluding hydrogens is 160 g/mol. The third-order valence-corrected chi connectivity index (χ3v) is 2.56. The van der Waals surface area contributed by atoms with Crippen molar-refractivity contribution in [3.8, 4) is 5.75 Å². The molecule has 0 aliphatic heterocycles. The van der Waals surface area contributed by atoms with E-state index in [2.05, 4.69) is 24.3 Å². The number of allylic oxidation sites excluding steroid dienone is 2. The Bertz CT molecular complexity index is 297. The molecule has 0 N–H and O–H groups in total. The van der Waals surface area contributed by atoms with Gasteiger partial charge in [0.1, 0.15) is 5.75 Å². The molecule has 1 nitrogen and oxygen atoms in total. The van der Waals surface area contributed by atoms with E-state index in [1.807, 2.05) is 12.1 Å². The molecule has 0 radical (unpaired) electrons. The second kappa shape index (κ2) is 3.65. The predicted molar refractivity (Wildman–Crippen MR) is 54.1 cm³/mol. The second-order valence-electron chi connectivity index (χ2n) is 3.39. The first-order chi connectivity index (χ1) is 6.40. The first-order valence-corrected chi connectivity index (χ1v) is 4.71. The molecule has 1 aromatic rings. The lowest BCUT2D eigenvalue weighted by molar-refractivity contribution is 0.414. The van der Waals surface area contributed by atoms with Crippen molar-refractivity contribution in [2.45, 2.75) is 18.8 Å². The molecule has 1 unspecified atom stereocenters. The van der Waals surface area contributed by atoms with Crippen LogP contribution in [0.5, 0.6) is 5.75 Å². The molecule has 1 aliphatic carbocycles. The summed E-state index contributed by atoms with van der Waals surface area (Å²) < 4.78 is 5.11. The van der Waals surface area contributed by atoms with Gasteiger partial charge in [-0.1, -0.05) is 24.3 Å². The molecule has 1 heteroatoms. The standard InChI is InChI=1S/C12H14O/c1-13-12-8-6-11(7-9-12)10-4-2-3-5-10/h2,4,6-10H,3,5H2,1H3. The van der Waals surface area contributed by atoms with E-state index in [1.54, 1.807) is 7.11 Å². The van der Waals surface area contributed by atoms with Crippen molar-refractivity contribution < 1.29 is 4.74 Å². The minimum Gasteiger partial charge on any atom is -0.497 e. The lowest BCUT2D eigenvalue weighted by Crippen LogP contribution is -1.90. The van der Waals surface area contributed by atoms with Crippen LogP contribution in [0.25, 0.3) is 0 Å². The molecule has 0 saturated carbocycles. The summed E-state index contributed by atoms with van der Waals surface area (Å²) in [6, 6.07) is 8.36. The van der Waals surface area contributed by atoms with Gasteiger partial charge in [0.05, 0.1) is 7.11 Å². The lowest BCUT2D eigenvalue weighted by Gasteiger charge is -2.08. The third kappa shape index (κ3) is 1.74. The summed E-state index contributed by atoms with van der Waals surface area (Å²) in [6.45, 7) is 0. The molecule has 0 fully saturated rings. The third-order valence-electron chi connectivity index (χ3n) is 2.56. The fourth-order valence-electron chi connectivity index (χ4n) is 1.76. The zero-order chi connectivity index (χ0) is 9.10. The van der Waals surface area contributed by atoms with Gasteiger partial charge in [-0.2, -0.15) is 0 Å². The Morgan fingerprint density at radius 2 is 2.00 bits per heavy atom. The van der Waals surface area contributed by atoms with Crippen LogP contribution in [0.4, 0.5) is 0 Å². The Morgan fingerprint density at radius 1 is 1.23 bits per heavy atom. The topological polar surface area (TPSA) is 9.23 Å². The molecule has 1 atom stereocenters. The van der Waals surface area contributed by atoms with Crippen LogP contribution < -0.4 is 4.74 Å². The van der Waals surface area contributed by atoms with E-state index in [-0.39, 0.29) is 0 Å². The van der Waals surface area contributed by atoms with Crippen LogP contribution in [-0.4, -0.2) is 7.11 Å². The summed E-state index contributed by atoms with van der Waals surface area (Å²) in [4.78, 5) is 0. The largest absolute Gasteiger partial charge is 0.497 e. The van der Waals surface area contributed by atoms with Crippen molar-refractivity contribution in [2.75, 3.05) is 7.11 Å². The minimum absolute atomic E-state index is 0.630. The predicted octanol–water partition coefficient (Wildman–Crippen LogP) is 3.13. The first-order valence-electron chi connectivity index (χ1n) is 4.71. The van der Waals surface area contributed by atoms with Gasteiger partial charge in [-0.3, -0.25) is 0 Å². The molecule has 0 aromatic heterocycles. The quantitative estimate of drug-likeness (QED) is 0.626. The van der Waals surface area contributed by atoms with Crippen LogP contribution in [0.2, 0.25) is 0 Å². The second-order valence-corrected chi connectivity index (χ2v) is 3.39. The average Bonchev–Trinajstić information content (AvgIpc) is 2.71. The van der Waals surface area contributed by atoms with E-state index in [4.69, 9.17) is 4.74 Å². The Kier molecular flexibility index (Phi) is 2.35. The number of methoxy groups -OCH3 is 1. The maximum atomic E-state index is 5.11. The zero-order valence-electron chi connectivity index (χ0n) is 7.86. The first kappa shape index (κ1) is 8.36. The van der Waals surface area contributed by atoms with Crippen LogP contribution in [0.1, 0.15) is 24.3 Å². The van der Waals surface area contributed by atoms with Gasteiger partial charge in [0, 0.05) is 5.92 Å². The van der Waals surface area contributed by atoms with Crippen LogP contribution in [0.3, 0.4) is 0 Å². The highest BCUT2D eigenvalue weighted by molar-refractivity contribution is 5.32. The number of hydrogen-bond acceptors (Lipinski definition) is 1. The fraction of sp³-hybridized carbons (Fsp3) is 0.333. The summed E-state index contributed by atoms with van der Waals surface area (Å²) in [5.74, 6) is 1.57. The molecular formula is C12H14O. The molecule has 0 bridgehead atoms. The average molecular weight is 174 g/mol. The van der Waals surface area contributed by atoms with Crippen molar-refractivity contribution in [1.82, 2.24) is 0 Å². The summed E-state index contributed by atoms with van der Waals surface area (Å²) in [5.41, 5.74) is 1.40. The summed E-state index contributed by atoms with van der Waals surface area (Å²) in [5, 5.41) is 0. The van der Waals surface area contributed by atoms with Gasteiger partial charge >= 0.3 is 0 Å². The van der Waals surface area contributed by atoms with Crippen molar-refractivity contribution in [3.63, 3.8) is 0 Å². The van der Waals surface area contributed by atoms with Crippen molar-refractivity contribution >= 4 is 0 Å². The van der Waals surface area contributed by atoms with Gasteiger partial charge in [-0.25, -0.2) is 0 Å². The molecule has 1 aromatic carbocycles. The number of hydrogen-bond donors (Lipinski definition) is 0. The summed E-state index contributed by atoms with van der Waals surface area (Å²) in [7, 11) is 1.70. The molecule has 0 spiro atoms. The van der Waals surface area contributed by atoms with E-state index < -0.39 is 0 Å². The Morgan fingerprint density at radius 3 is 2.54 bits per heavy atom. The highest BCUT2D eigenvalue weighted by atomic mass is 16.5. The van der Waals surface area contributed by atoms with Gasteiger partial charge in [0.2, 0.25) is 0 Å². The Labute approximate surface area is 79.0 Å². The number of benzene rings is 1. The van der Waals surface area contributed by atoms with Gasteiger partial charge in [-0.05, 0) is 30.5 Å². The van der Waals surface area contributed by atoms with E-state index >= 15 is 0 Å². The summed E-state index contributed by atoms with van der Waals surface area (Å²) >= 11 is 0. The van der Waals surface area contributed by atoms with Crippen LogP contribution in [0.15, 0.2) is 36.4 Å². The van der Waals surface area contributed by atoms with Crippen molar-refractivity contribution in [3.05, 3.63) is 42.0 Å². The molecule has 0 saturated heterocycles. The number of rotatable bonds is 2. The van der Waals surface area contributed by atoms with Gasteiger partial charge in [0.15, 0.2) is 0 Å². The van der Waals surface area contributed by atoms with E-state index in [0.29, 0.717) is 5.92 Å². The Balaban J connectivity index is 2.17.